The molecule has 4 nitrogen and oxygen atoms in total. The number of rotatable bonds is 1. The van der Waals surface area contributed by atoms with Crippen molar-refractivity contribution in [1.29, 1.82) is 5.26 Å². The molecule has 0 saturated carbocycles. The van der Waals surface area contributed by atoms with E-state index in [0.717, 1.165) is 11.3 Å². The van der Waals surface area contributed by atoms with E-state index in [0.29, 0.717) is 5.56 Å². The summed E-state index contributed by atoms with van der Waals surface area (Å²) >= 11 is 0. The highest BCUT2D eigenvalue weighted by molar-refractivity contribution is 5.65. The Labute approximate surface area is 74.9 Å². The second-order valence-electron chi connectivity index (χ2n) is 2.51. The highest BCUT2D eigenvalue weighted by Gasteiger charge is 2.04. The van der Waals surface area contributed by atoms with E-state index in [-0.39, 0.29) is 0 Å². The van der Waals surface area contributed by atoms with E-state index in [4.69, 9.17) is 5.26 Å². The molecule has 4 heteroatoms. The van der Waals surface area contributed by atoms with Crippen molar-refractivity contribution in [2.75, 3.05) is 0 Å². The predicted molar refractivity (Wildman–Crippen MR) is 46.5 cm³/mol. The van der Waals surface area contributed by atoms with E-state index in [2.05, 4.69) is 21.3 Å². The Morgan fingerprint density at radius 2 is 2.15 bits per heavy atom. The molecule has 0 aliphatic rings. The lowest BCUT2D eigenvalue weighted by Crippen LogP contribution is -1.88. The van der Waals surface area contributed by atoms with Crippen molar-refractivity contribution in [3.63, 3.8) is 0 Å². The van der Waals surface area contributed by atoms with Gasteiger partial charge in [-0.3, -0.25) is 0 Å². The number of nitrogens with zero attached hydrogens (tertiary/aromatic N) is 3. The summed E-state index contributed by atoms with van der Waals surface area (Å²) in [7, 11) is 0. The number of hydrogen-bond acceptors (Lipinski definition) is 3. The number of hydrogen-bond donors (Lipinski definition) is 1. The van der Waals surface area contributed by atoms with Crippen molar-refractivity contribution in [2.45, 2.75) is 0 Å². The molecule has 0 unspecified atom stereocenters. The third kappa shape index (κ3) is 1.27. The zero-order valence-electron chi connectivity index (χ0n) is 6.73. The highest BCUT2D eigenvalue weighted by atomic mass is 15.1. The fraction of sp³-hybridized carbons (Fsp3) is 0. The number of nitriles is 1. The Hall–Kier alpha value is -2.15. The molecule has 62 valence electrons. The van der Waals surface area contributed by atoms with E-state index in [1.165, 1.54) is 6.20 Å². The largest absolute Gasteiger partial charge is 0.361 e. The third-order valence-corrected chi connectivity index (χ3v) is 1.74. The van der Waals surface area contributed by atoms with Gasteiger partial charge in [-0.05, 0) is 12.1 Å². The first-order chi connectivity index (χ1) is 6.42. The lowest BCUT2D eigenvalue weighted by molar-refractivity contribution is 1.02. The van der Waals surface area contributed by atoms with Crippen molar-refractivity contribution in [2.24, 2.45) is 0 Å². The zero-order chi connectivity index (χ0) is 9.10. The van der Waals surface area contributed by atoms with Crippen LogP contribution in [0.15, 0.2) is 30.7 Å². The van der Waals surface area contributed by atoms with Crippen molar-refractivity contribution in [3.8, 4) is 17.3 Å². The summed E-state index contributed by atoms with van der Waals surface area (Å²) in [6.07, 6.45) is 4.83. The summed E-state index contributed by atoms with van der Waals surface area (Å²) in [5.74, 6) is 0. The van der Waals surface area contributed by atoms with Crippen molar-refractivity contribution < 1.29 is 0 Å². The van der Waals surface area contributed by atoms with Crippen LogP contribution in [0.25, 0.3) is 11.3 Å². The quantitative estimate of drug-likeness (QED) is 0.702. The van der Waals surface area contributed by atoms with Gasteiger partial charge in [0.25, 0.3) is 0 Å². The Bertz CT molecular complexity index is 439. The average Bonchev–Trinajstić information content (AvgIpc) is 2.70. The van der Waals surface area contributed by atoms with Crippen LogP contribution in [-0.2, 0) is 0 Å². The summed E-state index contributed by atoms with van der Waals surface area (Å²) in [5.41, 5.74) is 2.19. The Kier molecular flexibility index (Phi) is 1.77. The standard InChI is InChI=1S/C9H6N4/c10-4-7-5-12-13-6-8(7)9-2-1-3-11-9/h1-3,5-6,11H. The topological polar surface area (TPSA) is 65.4 Å². The fourth-order valence-electron chi connectivity index (χ4n) is 1.12. The van der Waals surface area contributed by atoms with Gasteiger partial charge < -0.3 is 4.98 Å². The van der Waals surface area contributed by atoms with Gasteiger partial charge in [-0.25, -0.2) is 0 Å². The second-order valence-corrected chi connectivity index (χ2v) is 2.51. The number of aromatic amines is 1. The van der Waals surface area contributed by atoms with Crippen LogP contribution in [0.1, 0.15) is 5.56 Å². The van der Waals surface area contributed by atoms with Crippen LogP contribution in [0.2, 0.25) is 0 Å². The summed E-state index contributed by atoms with van der Waals surface area (Å²) in [5, 5.41) is 16.2. The molecule has 0 atom stereocenters. The average molecular weight is 170 g/mol. The van der Waals surface area contributed by atoms with Crippen LogP contribution in [0, 0.1) is 11.3 Å². The van der Waals surface area contributed by atoms with E-state index in [9.17, 15) is 0 Å². The van der Waals surface area contributed by atoms with Crippen LogP contribution >= 0.6 is 0 Å². The minimum atomic E-state index is 0.525. The monoisotopic (exact) mass is 170 g/mol. The SMILES string of the molecule is N#Cc1cnncc1-c1ccc[nH]1. The molecule has 0 saturated heterocycles. The van der Waals surface area contributed by atoms with Gasteiger partial charge >= 0.3 is 0 Å². The second kappa shape index (κ2) is 3.07. The maximum absolute atomic E-state index is 8.79. The molecule has 13 heavy (non-hydrogen) atoms. The molecule has 2 heterocycles. The zero-order valence-corrected chi connectivity index (χ0v) is 6.73. The summed E-state index contributed by atoms with van der Waals surface area (Å²) < 4.78 is 0. The minimum Gasteiger partial charge on any atom is -0.361 e. The Morgan fingerprint density at radius 1 is 1.31 bits per heavy atom. The van der Waals surface area contributed by atoms with Gasteiger partial charge in [0, 0.05) is 17.5 Å². The maximum Gasteiger partial charge on any atom is 0.102 e. The van der Waals surface area contributed by atoms with Crippen LogP contribution in [0.4, 0.5) is 0 Å². The van der Waals surface area contributed by atoms with Gasteiger partial charge in [0.2, 0.25) is 0 Å². The first-order valence-corrected chi connectivity index (χ1v) is 3.76. The van der Waals surface area contributed by atoms with Crippen LogP contribution in [0.3, 0.4) is 0 Å². The van der Waals surface area contributed by atoms with E-state index < -0.39 is 0 Å². The van der Waals surface area contributed by atoms with Gasteiger partial charge in [0.15, 0.2) is 0 Å². The molecule has 0 aliphatic carbocycles. The van der Waals surface area contributed by atoms with E-state index in [1.807, 2.05) is 12.1 Å². The number of H-pyrrole nitrogens is 1. The van der Waals surface area contributed by atoms with Gasteiger partial charge in [-0.1, -0.05) is 0 Å². The first-order valence-electron chi connectivity index (χ1n) is 3.76. The molecule has 2 rings (SSSR count). The van der Waals surface area contributed by atoms with Crippen molar-refractivity contribution >= 4 is 0 Å². The normalized spacial score (nSPS) is 9.46. The Morgan fingerprint density at radius 3 is 2.85 bits per heavy atom. The van der Waals surface area contributed by atoms with Crippen LogP contribution < -0.4 is 0 Å². The third-order valence-electron chi connectivity index (χ3n) is 1.74. The molecule has 0 spiro atoms. The molecule has 0 aromatic carbocycles. The lowest BCUT2D eigenvalue weighted by Gasteiger charge is -1.97. The molecule has 0 amide bonds. The van der Waals surface area contributed by atoms with Crippen LogP contribution in [0.5, 0.6) is 0 Å². The van der Waals surface area contributed by atoms with Crippen molar-refractivity contribution in [1.82, 2.24) is 15.2 Å². The molecule has 0 aliphatic heterocycles. The van der Waals surface area contributed by atoms with Crippen LogP contribution in [-0.4, -0.2) is 15.2 Å². The first kappa shape index (κ1) is 7.50. The van der Waals surface area contributed by atoms with Gasteiger partial charge in [0.1, 0.15) is 6.07 Å². The minimum absolute atomic E-state index is 0.525. The molecule has 0 fully saturated rings. The molecular weight excluding hydrogens is 164 g/mol. The van der Waals surface area contributed by atoms with Gasteiger partial charge in [0.05, 0.1) is 18.0 Å². The van der Waals surface area contributed by atoms with Crippen molar-refractivity contribution in [3.05, 3.63) is 36.3 Å². The van der Waals surface area contributed by atoms with Gasteiger partial charge in [-0.15, -0.1) is 0 Å². The maximum atomic E-state index is 8.79. The number of nitrogens with one attached hydrogen (secondary N) is 1. The molecule has 1 N–H and O–H groups in total. The smallest absolute Gasteiger partial charge is 0.102 e. The number of aromatic nitrogens is 3. The lowest BCUT2D eigenvalue weighted by atomic mass is 10.1. The summed E-state index contributed by atoms with van der Waals surface area (Å²) in [4.78, 5) is 3.01. The molecular formula is C9H6N4. The van der Waals surface area contributed by atoms with Gasteiger partial charge in [-0.2, -0.15) is 15.5 Å². The van der Waals surface area contributed by atoms with E-state index >= 15 is 0 Å². The summed E-state index contributed by atoms with van der Waals surface area (Å²) in [6.45, 7) is 0. The molecule has 0 bridgehead atoms. The molecule has 2 aromatic heterocycles. The fourth-order valence-corrected chi connectivity index (χ4v) is 1.12. The Balaban J connectivity index is 2.59. The predicted octanol–water partition coefficient (Wildman–Crippen LogP) is 1.34. The highest BCUT2D eigenvalue weighted by Crippen LogP contribution is 2.18. The van der Waals surface area contributed by atoms with E-state index in [1.54, 1.807) is 12.4 Å². The summed E-state index contributed by atoms with van der Waals surface area (Å²) in [6, 6.07) is 5.82. The molecule has 2 aromatic rings. The molecule has 0 radical (unpaired) electrons.